The third-order valence-electron chi connectivity index (χ3n) is 5.67. The molecule has 0 spiro atoms. The fraction of sp³-hybridized carbons (Fsp3) is 0.375. The Morgan fingerprint density at radius 2 is 1.71 bits per heavy atom. The fourth-order valence-corrected chi connectivity index (χ4v) is 3.99. The number of hydrogen-bond donors (Lipinski definition) is 1. The van der Waals surface area contributed by atoms with E-state index >= 15 is 0 Å². The monoisotopic (exact) mass is 469 g/mol. The molecule has 1 amide bonds. The van der Waals surface area contributed by atoms with Crippen LogP contribution < -0.4 is 24.6 Å². The summed E-state index contributed by atoms with van der Waals surface area (Å²) in [6.07, 6.45) is 1.22. The van der Waals surface area contributed by atoms with Gasteiger partial charge in [0.1, 0.15) is 23.3 Å². The number of piperidine rings is 1. The molecule has 3 heterocycles. The number of nitrogens with one attached hydrogen (secondary N) is 1. The van der Waals surface area contributed by atoms with Gasteiger partial charge in [-0.15, -0.1) is 0 Å². The fourth-order valence-electron chi connectivity index (χ4n) is 3.99. The number of nitrogens with zero attached hydrogens (tertiary/aromatic N) is 2. The van der Waals surface area contributed by atoms with Crippen LogP contribution in [0.1, 0.15) is 29.1 Å². The van der Waals surface area contributed by atoms with Gasteiger partial charge in [-0.1, -0.05) is 0 Å². The van der Waals surface area contributed by atoms with Crippen molar-refractivity contribution in [2.24, 2.45) is 0 Å². The van der Waals surface area contributed by atoms with Crippen molar-refractivity contribution in [1.82, 2.24) is 15.1 Å². The summed E-state index contributed by atoms with van der Waals surface area (Å²) in [6.45, 7) is 2.76. The van der Waals surface area contributed by atoms with Crippen LogP contribution in [0.2, 0.25) is 0 Å². The van der Waals surface area contributed by atoms with E-state index in [1.165, 1.54) is 13.2 Å². The van der Waals surface area contributed by atoms with E-state index in [0.717, 1.165) is 5.56 Å². The van der Waals surface area contributed by atoms with E-state index < -0.39 is 5.63 Å². The number of likely N-dealkylation sites (tertiary alicyclic amines) is 1. The van der Waals surface area contributed by atoms with Crippen molar-refractivity contribution in [2.45, 2.75) is 25.9 Å². The van der Waals surface area contributed by atoms with Gasteiger partial charge in [0.25, 0.3) is 5.91 Å². The van der Waals surface area contributed by atoms with Gasteiger partial charge in [-0.05, 0) is 25.1 Å². The number of carbonyl (C=O) groups excluding carboxylic acids is 1. The SMILES string of the molecule is COc1cc(-c2cc(C(=O)N3CCC(Oc4cc(C)oc(=O)c4)CC3)[nH]n2)cc(OC)c1OC. The number of H-pyrrole nitrogens is 1. The summed E-state index contributed by atoms with van der Waals surface area (Å²) in [5, 5.41) is 7.15. The normalized spacial score (nSPS) is 14.1. The zero-order valence-corrected chi connectivity index (χ0v) is 19.5. The number of ether oxygens (including phenoxy) is 4. The Morgan fingerprint density at radius 1 is 1.03 bits per heavy atom. The lowest BCUT2D eigenvalue weighted by molar-refractivity contribution is 0.0589. The summed E-state index contributed by atoms with van der Waals surface area (Å²) in [4.78, 5) is 26.3. The van der Waals surface area contributed by atoms with Gasteiger partial charge < -0.3 is 28.3 Å². The molecule has 1 aliphatic rings. The summed E-state index contributed by atoms with van der Waals surface area (Å²) < 4.78 is 27.0. The third-order valence-corrected chi connectivity index (χ3v) is 5.67. The van der Waals surface area contributed by atoms with Crippen molar-refractivity contribution < 1.29 is 28.2 Å². The molecule has 2 aromatic heterocycles. The second kappa shape index (κ2) is 9.90. The van der Waals surface area contributed by atoms with Gasteiger partial charge in [0, 0.05) is 37.6 Å². The van der Waals surface area contributed by atoms with E-state index in [-0.39, 0.29) is 12.0 Å². The molecule has 0 radical (unpaired) electrons. The maximum absolute atomic E-state index is 13.0. The molecule has 1 N–H and O–H groups in total. The first-order chi connectivity index (χ1) is 16.4. The minimum Gasteiger partial charge on any atom is -0.493 e. The standard InChI is InChI=1S/C24H27N3O7/c1-14-9-17(12-22(28)33-14)34-16-5-7-27(8-6-16)24(29)19-13-18(25-26-19)15-10-20(30-2)23(32-4)21(11-15)31-3/h9-13,16H,5-8H2,1-4H3,(H,25,26). The topological polar surface area (TPSA) is 116 Å². The van der Waals surface area contributed by atoms with Gasteiger partial charge in [-0.2, -0.15) is 5.10 Å². The van der Waals surface area contributed by atoms with Crippen LogP contribution in [-0.2, 0) is 0 Å². The van der Waals surface area contributed by atoms with Crippen LogP contribution >= 0.6 is 0 Å². The number of amides is 1. The van der Waals surface area contributed by atoms with E-state index in [9.17, 15) is 9.59 Å². The maximum atomic E-state index is 13.0. The summed E-state index contributed by atoms with van der Waals surface area (Å²) in [7, 11) is 4.63. The van der Waals surface area contributed by atoms with E-state index in [4.69, 9.17) is 23.4 Å². The quantitative estimate of drug-likeness (QED) is 0.561. The molecule has 180 valence electrons. The van der Waals surface area contributed by atoms with E-state index in [1.807, 2.05) is 0 Å². The first-order valence-electron chi connectivity index (χ1n) is 10.8. The Kier molecular flexibility index (Phi) is 6.76. The van der Waals surface area contributed by atoms with Crippen molar-refractivity contribution in [1.29, 1.82) is 0 Å². The molecular formula is C24H27N3O7. The van der Waals surface area contributed by atoms with Gasteiger partial charge >= 0.3 is 5.63 Å². The van der Waals surface area contributed by atoms with Crippen molar-refractivity contribution in [3.63, 3.8) is 0 Å². The van der Waals surface area contributed by atoms with Gasteiger partial charge in [0.15, 0.2) is 11.5 Å². The minimum absolute atomic E-state index is 0.0817. The van der Waals surface area contributed by atoms with Gasteiger partial charge in [0.05, 0.1) is 33.1 Å². The molecule has 10 heteroatoms. The van der Waals surface area contributed by atoms with E-state index in [2.05, 4.69) is 10.2 Å². The lowest BCUT2D eigenvalue weighted by atomic mass is 10.1. The van der Waals surface area contributed by atoms with Crippen molar-refractivity contribution in [3.05, 3.63) is 52.2 Å². The molecule has 0 bridgehead atoms. The highest BCUT2D eigenvalue weighted by Crippen LogP contribution is 2.40. The lowest BCUT2D eigenvalue weighted by Crippen LogP contribution is -2.42. The Bertz CT molecular complexity index is 1200. The number of aromatic amines is 1. The van der Waals surface area contributed by atoms with E-state index in [0.29, 0.717) is 66.1 Å². The van der Waals surface area contributed by atoms with Crippen LogP contribution in [0.25, 0.3) is 11.3 Å². The second-order valence-corrected chi connectivity index (χ2v) is 7.91. The van der Waals surface area contributed by atoms with Gasteiger partial charge in [-0.25, -0.2) is 4.79 Å². The highest BCUT2D eigenvalue weighted by atomic mass is 16.5. The number of hydrogen-bond acceptors (Lipinski definition) is 8. The maximum Gasteiger partial charge on any atom is 0.339 e. The van der Waals surface area contributed by atoms with Crippen LogP contribution in [0.3, 0.4) is 0 Å². The largest absolute Gasteiger partial charge is 0.493 e. The summed E-state index contributed by atoms with van der Waals surface area (Å²) in [5.41, 5.74) is 1.25. The number of benzene rings is 1. The van der Waals surface area contributed by atoms with Crippen LogP contribution in [0, 0.1) is 6.92 Å². The average Bonchev–Trinajstić information content (AvgIpc) is 3.33. The molecule has 0 aliphatic carbocycles. The van der Waals surface area contributed by atoms with Gasteiger partial charge in [0.2, 0.25) is 5.75 Å². The predicted octanol–water partition coefficient (Wildman–Crippen LogP) is 3.05. The molecular weight excluding hydrogens is 442 g/mol. The second-order valence-electron chi connectivity index (χ2n) is 7.91. The number of methoxy groups -OCH3 is 3. The molecule has 34 heavy (non-hydrogen) atoms. The zero-order valence-electron chi connectivity index (χ0n) is 19.5. The molecule has 0 unspecified atom stereocenters. The molecule has 1 aliphatic heterocycles. The van der Waals surface area contributed by atoms with Gasteiger partial charge in [-0.3, -0.25) is 9.89 Å². The Morgan fingerprint density at radius 3 is 2.29 bits per heavy atom. The Hall–Kier alpha value is -3.95. The summed E-state index contributed by atoms with van der Waals surface area (Å²) in [5.74, 6) is 2.33. The molecule has 1 fully saturated rings. The Balaban J connectivity index is 1.43. The molecule has 3 aromatic rings. The Labute approximate surface area is 196 Å². The van der Waals surface area contributed by atoms with Crippen LogP contribution in [0.5, 0.6) is 23.0 Å². The third kappa shape index (κ3) is 4.85. The number of aromatic nitrogens is 2. The van der Waals surface area contributed by atoms with Crippen LogP contribution in [0.4, 0.5) is 0 Å². The summed E-state index contributed by atoms with van der Waals surface area (Å²) >= 11 is 0. The number of rotatable bonds is 7. The van der Waals surface area contributed by atoms with Crippen molar-refractivity contribution in [2.75, 3.05) is 34.4 Å². The molecule has 0 atom stereocenters. The van der Waals surface area contributed by atoms with Crippen molar-refractivity contribution >= 4 is 5.91 Å². The molecule has 4 rings (SSSR count). The minimum atomic E-state index is -0.440. The molecule has 10 nitrogen and oxygen atoms in total. The number of aryl methyl sites for hydroxylation is 1. The first-order valence-corrected chi connectivity index (χ1v) is 10.8. The predicted molar refractivity (Wildman–Crippen MR) is 123 cm³/mol. The molecule has 0 saturated carbocycles. The smallest absolute Gasteiger partial charge is 0.339 e. The van der Waals surface area contributed by atoms with E-state index in [1.54, 1.807) is 50.3 Å². The highest BCUT2D eigenvalue weighted by Gasteiger charge is 2.26. The van der Waals surface area contributed by atoms with Crippen LogP contribution in [0.15, 0.2) is 39.5 Å². The zero-order chi connectivity index (χ0) is 24.2. The van der Waals surface area contributed by atoms with Crippen LogP contribution in [-0.4, -0.2) is 61.5 Å². The molecule has 1 aromatic carbocycles. The number of carbonyl (C=O) groups is 1. The summed E-state index contributed by atoms with van der Waals surface area (Å²) in [6, 6.07) is 8.28. The first kappa shape index (κ1) is 23.2. The average molecular weight is 469 g/mol. The highest BCUT2D eigenvalue weighted by molar-refractivity contribution is 5.93. The van der Waals surface area contributed by atoms with Crippen molar-refractivity contribution in [3.8, 4) is 34.3 Å². The lowest BCUT2D eigenvalue weighted by Gasteiger charge is -2.31. The molecule has 1 saturated heterocycles.